The Kier molecular flexibility index (Phi) is 5.27. The maximum atomic E-state index is 12.3. The van der Waals surface area contributed by atoms with Crippen molar-refractivity contribution in [1.29, 1.82) is 0 Å². The second kappa shape index (κ2) is 6.31. The number of hydrogen-bond acceptors (Lipinski definition) is 4. The van der Waals surface area contributed by atoms with Crippen LogP contribution in [0.4, 0.5) is 0 Å². The first-order chi connectivity index (χ1) is 8.80. The Hall–Kier alpha value is -1.19. The molecule has 0 aliphatic carbocycles. The molecule has 1 aliphatic heterocycles. The van der Waals surface area contributed by atoms with Crippen molar-refractivity contribution in [3.63, 3.8) is 0 Å². The number of carbonyl (C=O) groups excluding carboxylic acids is 1. The quantitative estimate of drug-likeness (QED) is 0.649. The van der Waals surface area contributed by atoms with Crippen molar-refractivity contribution in [2.45, 2.75) is 32.2 Å². The average Bonchev–Trinajstić information content (AvgIpc) is 2.35. The largest absolute Gasteiger partial charge is 0.480 e. The lowest BCUT2D eigenvalue weighted by Gasteiger charge is -2.35. The van der Waals surface area contributed by atoms with Gasteiger partial charge in [-0.2, -0.15) is 17.0 Å². The molecule has 1 unspecified atom stereocenters. The minimum Gasteiger partial charge on any atom is -0.480 e. The Labute approximate surface area is 112 Å². The zero-order valence-electron chi connectivity index (χ0n) is 10.8. The van der Waals surface area contributed by atoms with E-state index in [0.717, 1.165) is 8.61 Å². The first kappa shape index (κ1) is 15.9. The standard InChI is InChI=1S/C10H19N3O5S/c1-2-12(7-9(11)14)19(17,18)13-6-4-3-5-8(13)10(15)16/h8H,2-7H2,1H3,(H2,11,14)(H,15,16). The van der Waals surface area contributed by atoms with Crippen molar-refractivity contribution >= 4 is 22.1 Å². The minimum atomic E-state index is -3.98. The van der Waals surface area contributed by atoms with Crippen molar-refractivity contribution in [3.05, 3.63) is 0 Å². The van der Waals surface area contributed by atoms with Gasteiger partial charge in [0.2, 0.25) is 5.91 Å². The van der Waals surface area contributed by atoms with Crippen LogP contribution in [0.5, 0.6) is 0 Å². The number of hydrogen-bond donors (Lipinski definition) is 2. The number of amides is 1. The van der Waals surface area contributed by atoms with Crippen LogP contribution in [0.1, 0.15) is 26.2 Å². The summed E-state index contributed by atoms with van der Waals surface area (Å²) in [6.45, 7) is 1.34. The van der Waals surface area contributed by atoms with Crippen LogP contribution >= 0.6 is 0 Å². The van der Waals surface area contributed by atoms with E-state index >= 15 is 0 Å². The molecule has 8 nitrogen and oxygen atoms in total. The number of rotatable bonds is 6. The Bertz CT molecular complexity index is 450. The van der Waals surface area contributed by atoms with Gasteiger partial charge in [0.05, 0.1) is 6.54 Å². The average molecular weight is 293 g/mol. The first-order valence-corrected chi connectivity index (χ1v) is 7.48. The molecule has 0 saturated carbocycles. The van der Waals surface area contributed by atoms with Crippen LogP contribution in [0.25, 0.3) is 0 Å². The molecule has 0 aromatic rings. The number of likely N-dealkylation sites (N-methyl/N-ethyl adjacent to an activating group) is 1. The summed E-state index contributed by atoms with van der Waals surface area (Å²) in [5, 5.41) is 9.09. The van der Waals surface area contributed by atoms with E-state index in [1.807, 2.05) is 0 Å². The highest BCUT2D eigenvalue weighted by Gasteiger charge is 2.39. The van der Waals surface area contributed by atoms with Crippen LogP contribution in [0.2, 0.25) is 0 Å². The lowest BCUT2D eigenvalue weighted by molar-refractivity contribution is -0.142. The summed E-state index contributed by atoms with van der Waals surface area (Å²) in [6, 6.07) is -1.07. The zero-order chi connectivity index (χ0) is 14.6. The monoisotopic (exact) mass is 293 g/mol. The maximum Gasteiger partial charge on any atom is 0.322 e. The van der Waals surface area contributed by atoms with Gasteiger partial charge in [-0.05, 0) is 19.3 Å². The van der Waals surface area contributed by atoms with Gasteiger partial charge in [-0.25, -0.2) is 0 Å². The van der Waals surface area contributed by atoms with E-state index in [2.05, 4.69) is 0 Å². The van der Waals surface area contributed by atoms with Crippen molar-refractivity contribution in [2.75, 3.05) is 19.6 Å². The third-order valence-electron chi connectivity index (χ3n) is 3.05. The number of carbonyl (C=O) groups is 2. The summed E-state index contributed by atoms with van der Waals surface area (Å²) >= 11 is 0. The fourth-order valence-corrected chi connectivity index (χ4v) is 3.90. The van der Waals surface area contributed by atoms with E-state index in [0.29, 0.717) is 12.8 Å². The Morgan fingerprint density at radius 1 is 1.42 bits per heavy atom. The molecule has 0 bridgehead atoms. The molecule has 9 heteroatoms. The molecular weight excluding hydrogens is 274 g/mol. The SMILES string of the molecule is CCN(CC(N)=O)S(=O)(=O)N1CCCCC1C(=O)O. The highest BCUT2D eigenvalue weighted by molar-refractivity contribution is 7.86. The predicted molar refractivity (Wildman–Crippen MR) is 67.3 cm³/mol. The highest BCUT2D eigenvalue weighted by Crippen LogP contribution is 2.22. The Morgan fingerprint density at radius 2 is 2.05 bits per heavy atom. The molecule has 1 atom stereocenters. The highest BCUT2D eigenvalue weighted by atomic mass is 32.2. The van der Waals surface area contributed by atoms with Crippen molar-refractivity contribution in [3.8, 4) is 0 Å². The fraction of sp³-hybridized carbons (Fsp3) is 0.800. The van der Waals surface area contributed by atoms with Crippen LogP contribution < -0.4 is 5.73 Å². The molecule has 3 N–H and O–H groups in total. The normalized spacial score (nSPS) is 21.5. The molecule has 0 aromatic heterocycles. The number of carboxylic acid groups (broad SMARTS) is 1. The van der Waals surface area contributed by atoms with Crippen molar-refractivity contribution < 1.29 is 23.1 Å². The van der Waals surface area contributed by atoms with Crippen LogP contribution in [0, 0.1) is 0 Å². The Morgan fingerprint density at radius 3 is 2.53 bits per heavy atom. The number of nitrogens with zero attached hydrogens (tertiary/aromatic N) is 2. The van der Waals surface area contributed by atoms with E-state index < -0.39 is 34.7 Å². The summed E-state index contributed by atoms with van der Waals surface area (Å²) in [5.41, 5.74) is 5.01. The molecule has 1 amide bonds. The second-order valence-electron chi connectivity index (χ2n) is 4.36. The van der Waals surface area contributed by atoms with E-state index in [1.165, 1.54) is 0 Å². The molecule has 0 spiro atoms. The number of piperidine rings is 1. The van der Waals surface area contributed by atoms with Crippen molar-refractivity contribution in [2.24, 2.45) is 5.73 Å². The van der Waals surface area contributed by atoms with Crippen LogP contribution in [0.3, 0.4) is 0 Å². The topological polar surface area (TPSA) is 121 Å². The molecule has 1 heterocycles. The van der Waals surface area contributed by atoms with Gasteiger partial charge in [0.25, 0.3) is 10.2 Å². The summed E-state index contributed by atoms with van der Waals surface area (Å²) in [5.74, 6) is -1.94. The molecule has 19 heavy (non-hydrogen) atoms. The zero-order valence-corrected chi connectivity index (χ0v) is 11.6. The Balaban J connectivity index is 3.01. The van der Waals surface area contributed by atoms with Gasteiger partial charge in [-0.1, -0.05) is 6.92 Å². The van der Waals surface area contributed by atoms with Crippen LogP contribution in [-0.2, 0) is 19.8 Å². The summed E-state index contributed by atoms with van der Waals surface area (Å²) in [7, 11) is -3.98. The van der Waals surface area contributed by atoms with Gasteiger partial charge in [0.1, 0.15) is 6.04 Å². The predicted octanol–water partition coefficient (Wildman–Crippen LogP) is -1.02. The lowest BCUT2D eigenvalue weighted by atomic mass is 10.1. The third-order valence-corrected chi connectivity index (χ3v) is 5.12. The van der Waals surface area contributed by atoms with Gasteiger partial charge in [0.15, 0.2) is 0 Å². The summed E-state index contributed by atoms with van der Waals surface area (Å²) in [4.78, 5) is 22.0. The van der Waals surface area contributed by atoms with Crippen LogP contribution in [-0.4, -0.2) is 59.7 Å². The molecule has 0 radical (unpaired) electrons. The number of primary amides is 1. The summed E-state index contributed by atoms with van der Waals surface area (Å²) < 4.78 is 26.5. The van der Waals surface area contributed by atoms with E-state index in [1.54, 1.807) is 6.92 Å². The summed E-state index contributed by atoms with van der Waals surface area (Å²) in [6.07, 6.45) is 1.56. The van der Waals surface area contributed by atoms with Crippen molar-refractivity contribution in [1.82, 2.24) is 8.61 Å². The molecule has 0 aromatic carbocycles. The van der Waals surface area contributed by atoms with E-state index in [-0.39, 0.29) is 19.5 Å². The smallest absolute Gasteiger partial charge is 0.322 e. The second-order valence-corrected chi connectivity index (χ2v) is 6.24. The number of nitrogens with two attached hydrogens (primary N) is 1. The molecule has 1 rings (SSSR count). The number of carboxylic acids is 1. The van der Waals surface area contributed by atoms with Gasteiger partial charge >= 0.3 is 5.97 Å². The lowest BCUT2D eigenvalue weighted by Crippen LogP contribution is -2.54. The molecular formula is C10H19N3O5S. The first-order valence-electron chi connectivity index (χ1n) is 6.08. The van der Waals surface area contributed by atoms with Gasteiger partial charge in [-0.15, -0.1) is 0 Å². The maximum absolute atomic E-state index is 12.3. The van der Waals surface area contributed by atoms with E-state index in [4.69, 9.17) is 10.8 Å². The van der Waals surface area contributed by atoms with Gasteiger partial charge < -0.3 is 10.8 Å². The number of aliphatic carboxylic acids is 1. The molecule has 1 fully saturated rings. The fourth-order valence-electron chi connectivity index (χ4n) is 2.11. The molecule has 110 valence electrons. The van der Waals surface area contributed by atoms with Crippen LogP contribution in [0.15, 0.2) is 0 Å². The van der Waals surface area contributed by atoms with E-state index in [9.17, 15) is 18.0 Å². The van der Waals surface area contributed by atoms with Gasteiger partial charge in [-0.3, -0.25) is 9.59 Å². The van der Waals surface area contributed by atoms with Gasteiger partial charge in [0, 0.05) is 13.1 Å². The minimum absolute atomic E-state index is 0.0636. The molecule has 1 aliphatic rings. The third kappa shape index (κ3) is 3.64. The molecule has 1 saturated heterocycles.